The lowest BCUT2D eigenvalue weighted by Gasteiger charge is -2.25. The van der Waals surface area contributed by atoms with E-state index < -0.39 is 10.8 Å². The highest BCUT2D eigenvalue weighted by Crippen LogP contribution is 2.30. The smallest absolute Gasteiger partial charge is 0.288 e. The van der Waals surface area contributed by atoms with Gasteiger partial charge in [0.05, 0.1) is 11.6 Å². The predicted octanol–water partition coefficient (Wildman–Crippen LogP) is 2.97. The molecule has 118 valence electrons. The molecule has 1 unspecified atom stereocenters. The van der Waals surface area contributed by atoms with Gasteiger partial charge in [-0.05, 0) is 38.6 Å². The molecule has 2 amide bonds. The van der Waals surface area contributed by atoms with Crippen molar-refractivity contribution in [3.63, 3.8) is 0 Å². The Labute approximate surface area is 134 Å². The second-order valence-electron chi connectivity index (χ2n) is 5.84. The third kappa shape index (κ3) is 3.04. The van der Waals surface area contributed by atoms with Crippen LogP contribution in [0.4, 0.5) is 4.79 Å². The number of carbonyl (C=O) groups is 1. The molecular formula is C17H21N2O2S-. The summed E-state index contributed by atoms with van der Waals surface area (Å²) in [6.45, 7) is 1.85. The van der Waals surface area contributed by atoms with E-state index in [1.807, 2.05) is 37.6 Å². The van der Waals surface area contributed by atoms with Gasteiger partial charge in [-0.1, -0.05) is 11.3 Å². The van der Waals surface area contributed by atoms with E-state index in [1.54, 1.807) is 0 Å². The summed E-state index contributed by atoms with van der Waals surface area (Å²) < 4.78 is 13.9. The first kappa shape index (κ1) is 15.2. The molecule has 0 aromatic carbocycles. The fourth-order valence-corrected chi connectivity index (χ4v) is 4.40. The third-order valence-corrected chi connectivity index (χ3v) is 5.62. The van der Waals surface area contributed by atoms with E-state index in [2.05, 4.69) is 5.32 Å². The number of amides is 2. The van der Waals surface area contributed by atoms with E-state index in [-0.39, 0.29) is 12.1 Å². The van der Waals surface area contributed by atoms with Crippen LogP contribution in [0.5, 0.6) is 0 Å². The highest BCUT2D eigenvalue weighted by molar-refractivity contribution is 8.02. The quantitative estimate of drug-likeness (QED) is 0.597. The number of hydrogen-bond donors (Lipinski definition) is 1. The van der Waals surface area contributed by atoms with Gasteiger partial charge in [-0.15, -0.1) is 6.08 Å². The Morgan fingerprint density at radius 2 is 2.14 bits per heavy atom. The number of urea groups is 1. The van der Waals surface area contributed by atoms with Crippen molar-refractivity contribution >= 4 is 22.4 Å². The summed E-state index contributed by atoms with van der Waals surface area (Å²) in [6, 6.07) is 0.832. The summed E-state index contributed by atoms with van der Waals surface area (Å²) in [4.78, 5) is 13.2. The summed E-state index contributed by atoms with van der Waals surface area (Å²) in [5, 5.41) is 3.07. The van der Waals surface area contributed by atoms with Crippen molar-refractivity contribution in [1.29, 1.82) is 0 Å². The van der Waals surface area contributed by atoms with E-state index in [0.29, 0.717) is 0 Å². The molecule has 1 atom stereocenters. The van der Waals surface area contributed by atoms with Crippen molar-refractivity contribution in [2.45, 2.75) is 45.1 Å². The van der Waals surface area contributed by atoms with Crippen LogP contribution in [-0.2, 0) is 10.8 Å². The van der Waals surface area contributed by atoms with Crippen LogP contribution in [-0.4, -0.2) is 26.4 Å². The normalized spacial score (nSPS) is 28.5. The number of nitrogens with zero attached hydrogens (tertiary/aromatic N) is 1. The maximum Gasteiger partial charge on any atom is 0.412 e. The summed E-state index contributed by atoms with van der Waals surface area (Å²) in [6.07, 6.45) is 15.3. The molecule has 0 aromatic heterocycles. The van der Waals surface area contributed by atoms with Gasteiger partial charge in [0.2, 0.25) is 0 Å². The van der Waals surface area contributed by atoms with Crippen LogP contribution < -0.4 is 5.32 Å². The Morgan fingerprint density at radius 3 is 2.82 bits per heavy atom. The van der Waals surface area contributed by atoms with Crippen LogP contribution in [0.25, 0.3) is 0 Å². The lowest BCUT2D eigenvalue weighted by molar-refractivity contribution is -0.395. The molecule has 0 spiro atoms. The molecule has 3 rings (SSSR count). The summed E-state index contributed by atoms with van der Waals surface area (Å²) in [7, 11) is -1.28. The van der Waals surface area contributed by atoms with Crippen LogP contribution in [0, 0.1) is 12.5 Å². The van der Waals surface area contributed by atoms with Crippen LogP contribution in [0.15, 0.2) is 34.8 Å². The van der Waals surface area contributed by atoms with Crippen LogP contribution in [0.1, 0.15) is 39.0 Å². The van der Waals surface area contributed by atoms with Gasteiger partial charge in [0, 0.05) is 10.8 Å². The van der Waals surface area contributed by atoms with Gasteiger partial charge in [0.1, 0.15) is 0 Å². The molecule has 0 aromatic rings. The van der Waals surface area contributed by atoms with Gasteiger partial charge >= 0.3 is 6.03 Å². The number of nitrogens with one attached hydrogen (secondary N) is 1. The van der Waals surface area contributed by atoms with Crippen molar-refractivity contribution in [1.82, 2.24) is 5.32 Å². The molecule has 1 N–H and O–H groups in total. The van der Waals surface area contributed by atoms with Gasteiger partial charge < -0.3 is 0 Å². The van der Waals surface area contributed by atoms with Crippen LogP contribution >= 0.6 is 0 Å². The molecule has 1 heterocycles. The number of carbonyl (C=O) groups excluding carboxylic acids is 1. The number of allylic oxidation sites excluding steroid dienone is 5. The van der Waals surface area contributed by atoms with Crippen molar-refractivity contribution in [3.05, 3.63) is 47.2 Å². The third-order valence-electron chi connectivity index (χ3n) is 4.28. The molecule has 1 saturated carbocycles. The second-order valence-corrected chi connectivity index (χ2v) is 7.05. The van der Waals surface area contributed by atoms with Crippen LogP contribution in [0.2, 0.25) is 0 Å². The molecule has 0 radical (unpaired) electrons. The summed E-state index contributed by atoms with van der Waals surface area (Å²) in [5.41, 5.74) is 2.41. The Morgan fingerprint density at radius 1 is 1.36 bits per heavy atom. The number of rotatable bonds is 1. The maximum atomic E-state index is 12.5. The number of hydrogen-bond acceptors (Lipinski definition) is 2. The van der Waals surface area contributed by atoms with E-state index in [4.69, 9.17) is 0 Å². The van der Waals surface area contributed by atoms with Crippen LogP contribution in [0.3, 0.4) is 0 Å². The van der Waals surface area contributed by atoms with Crippen molar-refractivity contribution in [2.24, 2.45) is 0 Å². The predicted molar refractivity (Wildman–Crippen MR) is 88.4 cm³/mol. The van der Waals surface area contributed by atoms with E-state index in [0.717, 1.165) is 29.4 Å². The first-order valence-electron chi connectivity index (χ1n) is 7.78. The lowest BCUT2D eigenvalue weighted by atomic mass is 9.96. The van der Waals surface area contributed by atoms with E-state index in [1.165, 1.54) is 29.4 Å². The van der Waals surface area contributed by atoms with Gasteiger partial charge in [-0.2, -0.15) is 24.6 Å². The lowest BCUT2D eigenvalue weighted by Crippen LogP contribution is -2.41. The maximum absolute atomic E-state index is 12.5. The summed E-state index contributed by atoms with van der Waals surface area (Å²) >= 11 is 0. The fraction of sp³-hybridized carbons (Fsp3) is 0.412. The molecule has 0 saturated heterocycles. The molecule has 22 heavy (non-hydrogen) atoms. The average molecular weight is 317 g/mol. The highest BCUT2D eigenvalue weighted by atomic mass is 32.2. The Bertz CT molecular complexity index is 610. The van der Waals surface area contributed by atoms with E-state index >= 15 is 0 Å². The first-order chi connectivity index (χ1) is 10.7. The molecule has 0 bridgehead atoms. The van der Waals surface area contributed by atoms with Gasteiger partial charge in [-0.3, -0.25) is 18.9 Å². The van der Waals surface area contributed by atoms with E-state index in [9.17, 15) is 9.00 Å². The monoisotopic (exact) mass is 317 g/mol. The Hall–Kier alpha value is -1.75. The molecule has 1 aliphatic heterocycles. The van der Waals surface area contributed by atoms with Gasteiger partial charge in [0.15, 0.2) is 0 Å². The molecule has 4 nitrogen and oxygen atoms in total. The van der Waals surface area contributed by atoms with Gasteiger partial charge in [0.25, 0.3) is 0 Å². The molecule has 1 fully saturated rings. The minimum absolute atomic E-state index is 0.163. The van der Waals surface area contributed by atoms with Crippen molar-refractivity contribution in [3.8, 4) is 0 Å². The zero-order chi connectivity index (χ0) is 15.5. The standard InChI is InChI=1S/C17H21N2O2S/c1-13-16(14-8-4-2-5-9-14)22(21)12-19(13)17(20)18-15-10-6-3-7-11-15/h2,4-5,8-9,12,15H,3,6-7,10-11H2,1H3,(H,18,20)/q-1. The largest absolute Gasteiger partial charge is 0.412 e. The summed E-state index contributed by atoms with van der Waals surface area (Å²) in [5.74, 6) is 0. The zero-order valence-corrected chi connectivity index (χ0v) is 13.6. The minimum atomic E-state index is -1.28. The molecule has 5 heteroatoms. The SMILES string of the molecule is C[C-]1C(=C2C=CC=C[CH-]2)S(=O)C=[N+]1C(=O)NC1CCCCC1. The van der Waals surface area contributed by atoms with Crippen molar-refractivity contribution < 1.29 is 13.6 Å². The molecule has 2 aliphatic carbocycles. The average Bonchev–Trinajstić information content (AvgIpc) is 2.84. The van der Waals surface area contributed by atoms with Crippen molar-refractivity contribution in [2.75, 3.05) is 0 Å². The highest BCUT2D eigenvalue weighted by Gasteiger charge is 2.28. The molecule has 3 aliphatic rings. The first-order valence-corrected chi connectivity index (χ1v) is 8.99. The minimum Gasteiger partial charge on any atom is -0.288 e. The fourth-order valence-electron chi connectivity index (χ4n) is 3.09. The molecular weight excluding hydrogens is 296 g/mol. The Kier molecular flexibility index (Phi) is 4.52. The zero-order valence-electron chi connectivity index (χ0n) is 12.7. The second kappa shape index (κ2) is 6.57. The van der Waals surface area contributed by atoms with Gasteiger partial charge in [-0.25, -0.2) is 5.57 Å². The topological polar surface area (TPSA) is 49.2 Å². The Balaban J connectivity index is 1.73.